The van der Waals surface area contributed by atoms with E-state index in [0.717, 1.165) is 30.0 Å². The summed E-state index contributed by atoms with van der Waals surface area (Å²) in [4.78, 5) is 32.3. The van der Waals surface area contributed by atoms with Crippen LogP contribution >= 0.6 is 11.6 Å². The molecule has 2 aromatic rings. The summed E-state index contributed by atoms with van der Waals surface area (Å²) in [6.45, 7) is 5.94. The van der Waals surface area contributed by atoms with Crippen LogP contribution in [-0.2, 0) is 25.6 Å². The van der Waals surface area contributed by atoms with E-state index in [-0.39, 0.29) is 42.3 Å². The highest BCUT2D eigenvalue weighted by Gasteiger charge is 2.31. The van der Waals surface area contributed by atoms with Crippen LogP contribution in [-0.4, -0.2) is 43.3 Å². The molecule has 0 bridgehead atoms. The van der Waals surface area contributed by atoms with Crippen LogP contribution in [0.1, 0.15) is 50.7 Å². The van der Waals surface area contributed by atoms with Crippen molar-refractivity contribution < 1.29 is 28.2 Å². The Balaban J connectivity index is 2.09. The van der Waals surface area contributed by atoms with Crippen LogP contribution in [0, 0.1) is 12.7 Å². The van der Waals surface area contributed by atoms with Crippen LogP contribution in [0.3, 0.4) is 0 Å². The van der Waals surface area contributed by atoms with Crippen molar-refractivity contribution >= 4 is 29.2 Å². The Kier molecular flexibility index (Phi) is 9.84. The molecule has 1 aliphatic rings. The number of methoxy groups -OCH3 is 1. The van der Waals surface area contributed by atoms with Gasteiger partial charge in [0.1, 0.15) is 18.2 Å². The fourth-order valence-corrected chi connectivity index (χ4v) is 4.20. The van der Waals surface area contributed by atoms with E-state index < -0.39 is 17.7 Å². The Morgan fingerprint density at radius 3 is 2.56 bits per heavy atom. The highest BCUT2D eigenvalue weighted by molar-refractivity contribution is 6.32. The molecular weight excluding hydrogens is 487 g/mol. The van der Waals surface area contributed by atoms with Crippen LogP contribution in [0.15, 0.2) is 41.7 Å². The number of hydrogen-bond acceptors (Lipinski definition) is 6. The predicted octanol–water partition coefficient (Wildman–Crippen LogP) is 5.56. The summed E-state index contributed by atoms with van der Waals surface area (Å²) in [5, 5.41) is 0.106. The van der Waals surface area contributed by atoms with Gasteiger partial charge in [0.2, 0.25) is 0 Å². The van der Waals surface area contributed by atoms with Crippen molar-refractivity contribution in [1.82, 2.24) is 4.98 Å². The Labute approximate surface area is 216 Å². The second kappa shape index (κ2) is 12.8. The average molecular weight is 519 g/mol. The zero-order chi connectivity index (χ0) is 26.2. The average Bonchev–Trinajstić information content (AvgIpc) is 2.85. The van der Waals surface area contributed by atoms with Gasteiger partial charge in [-0.05, 0) is 69.7 Å². The zero-order valence-electron chi connectivity index (χ0n) is 21.1. The van der Waals surface area contributed by atoms with E-state index >= 15 is 4.39 Å². The minimum absolute atomic E-state index is 0.00785. The number of esters is 1. The number of pyridine rings is 1. The van der Waals surface area contributed by atoms with Crippen LogP contribution in [0.2, 0.25) is 5.02 Å². The number of halogens is 2. The molecule has 3 rings (SSSR count). The van der Waals surface area contributed by atoms with Crippen molar-refractivity contribution in [2.24, 2.45) is 0 Å². The van der Waals surface area contributed by atoms with Gasteiger partial charge in [0.15, 0.2) is 0 Å². The van der Waals surface area contributed by atoms with E-state index in [1.165, 1.54) is 18.1 Å². The number of nitrogens with zero attached hydrogens (tertiary/aromatic N) is 2. The molecule has 0 saturated carbocycles. The number of carbonyl (C=O) groups excluding carboxylic acids is 2. The highest BCUT2D eigenvalue weighted by atomic mass is 35.5. The second-order valence-electron chi connectivity index (χ2n) is 8.89. The molecule has 7 nitrogen and oxygen atoms in total. The summed E-state index contributed by atoms with van der Waals surface area (Å²) < 4.78 is 31.4. The van der Waals surface area contributed by atoms with Gasteiger partial charge in [-0.25, -0.2) is 9.18 Å². The van der Waals surface area contributed by atoms with Gasteiger partial charge in [0, 0.05) is 36.7 Å². The fraction of sp³-hybridized carbons (Fsp3) is 0.444. The van der Waals surface area contributed by atoms with Gasteiger partial charge < -0.3 is 19.1 Å². The van der Waals surface area contributed by atoms with Crippen LogP contribution < -0.4 is 9.64 Å². The van der Waals surface area contributed by atoms with E-state index in [9.17, 15) is 9.59 Å². The molecule has 1 aliphatic carbocycles. The largest absolute Gasteiger partial charge is 0.489 e. The summed E-state index contributed by atoms with van der Waals surface area (Å²) in [5.74, 6) is -1.42. The Morgan fingerprint density at radius 2 is 1.89 bits per heavy atom. The monoisotopic (exact) mass is 518 g/mol. The number of aryl methyl sites for hydroxylation is 1. The smallest absolute Gasteiger partial charge is 0.334 e. The number of ether oxygens (including phenoxy) is 3. The lowest BCUT2D eigenvalue weighted by Crippen LogP contribution is -2.35. The van der Waals surface area contributed by atoms with E-state index in [0.29, 0.717) is 24.0 Å². The standard InChI is InChI=1S/C27H32ClFN2O5/c1-17(2)36-25-14-24(23(29)13-22(25)28)31(16-19-15-30-10-9-18(19)3)26(32)20-7-5-6-8-21(20)27(33)35-12-11-34-4/h9-10,13-15,17H,5-8,11-12,16H2,1-4H3. The summed E-state index contributed by atoms with van der Waals surface area (Å²) in [5.41, 5.74) is 2.29. The third-order valence-electron chi connectivity index (χ3n) is 5.87. The van der Waals surface area contributed by atoms with E-state index in [1.807, 2.05) is 26.8 Å². The summed E-state index contributed by atoms with van der Waals surface area (Å²) in [6, 6.07) is 4.39. The summed E-state index contributed by atoms with van der Waals surface area (Å²) >= 11 is 6.23. The van der Waals surface area contributed by atoms with Gasteiger partial charge in [-0.1, -0.05) is 11.6 Å². The first-order valence-corrected chi connectivity index (χ1v) is 12.4. The second-order valence-corrected chi connectivity index (χ2v) is 9.29. The molecule has 1 aromatic heterocycles. The quantitative estimate of drug-likeness (QED) is 0.302. The normalized spacial score (nSPS) is 13.6. The number of benzene rings is 1. The van der Waals surface area contributed by atoms with Gasteiger partial charge in [-0.2, -0.15) is 0 Å². The molecular formula is C27H32ClFN2O5. The van der Waals surface area contributed by atoms with Gasteiger partial charge in [-0.3, -0.25) is 9.78 Å². The molecule has 0 fully saturated rings. The SMILES string of the molecule is COCCOC(=O)C1=C(C(=O)N(Cc2cnccc2C)c2cc(OC(C)C)c(Cl)cc2F)CCCC1. The Morgan fingerprint density at radius 1 is 1.17 bits per heavy atom. The first kappa shape index (κ1) is 27.6. The predicted molar refractivity (Wildman–Crippen MR) is 136 cm³/mol. The van der Waals surface area contributed by atoms with E-state index in [4.69, 9.17) is 25.8 Å². The molecule has 36 heavy (non-hydrogen) atoms. The van der Waals surface area contributed by atoms with Crippen molar-refractivity contribution in [2.45, 2.75) is 59.1 Å². The number of hydrogen-bond donors (Lipinski definition) is 0. The minimum atomic E-state index is -0.674. The third-order valence-corrected chi connectivity index (χ3v) is 6.16. The Bertz CT molecular complexity index is 1140. The van der Waals surface area contributed by atoms with E-state index in [1.54, 1.807) is 12.4 Å². The summed E-state index contributed by atoms with van der Waals surface area (Å²) in [7, 11) is 1.51. The van der Waals surface area contributed by atoms with Crippen molar-refractivity contribution in [1.29, 1.82) is 0 Å². The Hall–Kier alpha value is -2.97. The maximum atomic E-state index is 15.3. The number of amides is 1. The van der Waals surface area contributed by atoms with Crippen molar-refractivity contribution in [2.75, 3.05) is 25.2 Å². The van der Waals surface area contributed by atoms with Gasteiger partial charge in [0.05, 0.1) is 30.0 Å². The molecule has 0 N–H and O–H groups in total. The van der Waals surface area contributed by atoms with Crippen LogP contribution in [0.4, 0.5) is 10.1 Å². The van der Waals surface area contributed by atoms with Crippen LogP contribution in [0.25, 0.3) is 0 Å². The molecule has 0 saturated heterocycles. The minimum Gasteiger partial charge on any atom is -0.489 e. The molecule has 194 valence electrons. The topological polar surface area (TPSA) is 78.0 Å². The molecule has 0 unspecified atom stereocenters. The summed E-state index contributed by atoms with van der Waals surface area (Å²) in [6.07, 6.45) is 5.39. The van der Waals surface area contributed by atoms with Crippen LogP contribution in [0.5, 0.6) is 5.75 Å². The third kappa shape index (κ3) is 6.83. The molecule has 1 amide bonds. The number of rotatable bonds is 10. The maximum Gasteiger partial charge on any atom is 0.334 e. The molecule has 0 atom stereocenters. The molecule has 0 radical (unpaired) electrons. The van der Waals surface area contributed by atoms with Gasteiger partial charge in [0.25, 0.3) is 5.91 Å². The van der Waals surface area contributed by atoms with E-state index in [2.05, 4.69) is 4.98 Å². The van der Waals surface area contributed by atoms with Gasteiger partial charge >= 0.3 is 5.97 Å². The van der Waals surface area contributed by atoms with Crippen molar-refractivity contribution in [3.8, 4) is 5.75 Å². The fourth-order valence-electron chi connectivity index (χ4n) is 4.00. The van der Waals surface area contributed by atoms with Crippen molar-refractivity contribution in [3.05, 3.63) is 63.7 Å². The highest BCUT2D eigenvalue weighted by Crippen LogP contribution is 2.36. The molecule has 0 spiro atoms. The lowest BCUT2D eigenvalue weighted by atomic mass is 9.90. The molecule has 1 aromatic carbocycles. The lowest BCUT2D eigenvalue weighted by molar-refractivity contribution is -0.140. The number of carbonyl (C=O) groups is 2. The first-order chi connectivity index (χ1) is 17.2. The first-order valence-electron chi connectivity index (χ1n) is 12.0. The van der Waals surface area contributed by atoms with Crippen molar-refractivity contribution in [3.63, 3.8) is 0 Å². The van der Waals surface area contributed by atoms with Gasteiger partial charge in [-0.15, -0.1) is 0 Å². The molecule has 0 aliphatic heterocycles. The molecule has 9 heteroatoms. The molecule has 1 heterocycles. The maximum absolute atomic E-state index is 15.3. The number of aromatic nitrogens is 1. The number of anilines is 1. The zero-order valence-corrected chi connectivity index (χ0v) is 21.9. The lowest BCUT2D eigenvalue weighted by Gasteiger charge is -2.28.